The summed E-state index contributed by atoms with van der Waals surface area (Å²) in [6, 6.07) is 0. The van der Waals surface area contributed by atoms with Crippen molar-refractivity contribution in [3.8, 4) is 0 Å². The van der Waals surface area contributed by atoms with Crippen LogP contribution in [-0.2, 0) is 19.4 Å². The zero-order valence-electron chi connectivity index (χ0n) is 8.37. The lowest BCUT2D eigenvalue weighted by atomic mass is 10.0. The van der Waals surface area contributed by atoms with Gasteiger partial charge in [-0.1, -0.05) is 0 Å². The van der Waals surface area contributed by atoms with Crippen molar-refractivity contribution in [2.45, 2.75) is 24.4 Å². The van der Waals surface area contributed by atoms with E-state index in [9.17, 15) is 18.3 Å². The van der Waals surface area contributed by atoms with Crippen LogP contribution in [0.15, 0.2) is 0 Å². The molecule has 0 radical (unpaired) electrons. The molecule has 0 bridgehead atoms. The van der Waals surface area contributed by atoms with E-state index < -0.39 is 47.3 Å². The maximum atomic E-state index is 10.6. The Balaban J connectivity index is 5.04. The van der Waals surface area contributed by atoms with Gasteiger partial charge >= 0.3 is 10.4 Å². The average Bonchev–Trinajstić information content (AvgIpc) is 2.21. The van der Waals surface area contributed by atoms with Gasteiger partial charge in [-0.2, -0.15) is 8.42 Å². The van der Waals surface area contributed by atoms with Crippen molar-refractivity contribution in [1.82, 2.24) is 0 Å². The monoisotopic (exact) mass is 275 g/mol. The van der Waals surface area contributed by atoms with Crippen molar-refractivity contribution in [1.29, 1.82) is 0 Å². The molecule has 0 aliphatic heterocycles. The third-order valence-electron chi connectivity index (χ3n) is 1.75. The SMILES string of the molecule is NC(=O)[C@H](O)[C@@H](OS(=O)(=O)O)[C@H](O)[C@H](O)CO. The lowest BCUT2D eigenvalue weighted by Crippen LogP contribution is -2.52. The molecule has 0 rings (SSSR count). The average molecular weight is 275 g/mol. The van der Waals surface area contributed by atoms with E-state index >= 15 is 0 Å². The molecule has 0 aromatic heterocycles. The molecule has 0 saturated carbocycles. The molecule has 0 spiro atoms. The van der Waals surface area contributed by atoms with Crippen LogP contribution in [0.25, 0.3) is 0 Å². The van der Waals surface area contributed by atoms with Crippen molar-refractivity contribution in [3.63, 3.8) is 0 Å². The molecule has 102 valence electrons. The molecule has 0 heterocycles. The number of aliphatic hydroxyl groups excluding tert-OH is 4. The number of nitrogens with two attached hydrogens (primary N) is 1. The Labute approximate surface area is 96.2 Å². The number of amides is 1. The van der Waals surface area contributed by atoms with Crippen molar-refractivity contribution in [2.24, 2.45) is 5.73 Å². The van der Waals surface area contributed by atoms with Gasteiger partial charge in [0.1, 0.15) is 18.3 Å². The predicted molar refractivity (Wildman–Crippen MR) is 50.7 cm³/mol. The van der Waals surface area contributed by atoms with Gasteiger partial charge in [-0.15, -0.1) is 0 Å². The van der Waals surface area contributed by atoms with Gasteiger partial charge in [0.2, 0.25) is 5.91 Å². The fraction of sp³-hybridized carbons (Fsp3) is 0.833. The number of rotatable bonds is 7. The van der Waals surface area contributed by atoms with E-state index in [0.717, 1.165) is 0 Å². The minimum atomic E-state index is -5.11. The Hall–Kier alpha value is -0.820. The largest absolute Gasteiger partial charge is 0.397 e. The molecule has 0 aromatic rings. The standard InChI is InChI=1S/C6H13NO9S/c7-6(12)4(11)5(16-17(13,14)15)3(10)2(9)1-8/h2-5,8-11H,1H2,(H2,7,12)(H,13,14,15)/t2-,3-,4-,5+/m1/s1. The van der Waals surface area contributed by atoms with E-state index in [1.165, 1.54) is 0 Å². The Morgan fingerprint density at radius 2 is 1.76 bits per heavy atom. The van der Waals surface area contributed by atoms with Crippen molar-refractivity contribution >= 4 is 16.3 Å². The number of carbonyl (C=O) groups is 1. The maximum Gasteiger partial charge on any atom is 0.397 e. The van der Waals surface area contributed by atoms with Crippen LogP contribution in [0.5, 0.6) is 0 Å². The molecule has 0 unspecified atom stereocenters. The second kappa shape index (κ2) is 6.20. The van der Waals surface area contributed by atoms with Crippen LogP contribution in [0.3, 0.4) is 0 Å². The summed E-state index contributed by atoms with van der Waals surface area (Å²) in [5, 5.41) is 35.9. The highest BCUT2D eigenvalue weighted by Gasteiger charge is 2.38. The number of aliphatic hydroxyl groups is 4. The smallest absolute Gasteiger partial charge is 0.394 e. The van der Waals surface area contributed by atoms with Gasteiger partial charge in [-0.3, -0.25) is 9.35 Å². The molecule has 0 fully saturated rings. The molecule has 0 aliphatic rings. The third kappa shape index (κ3) is 5.36. The molecule has 7 N–H and O–H groups in total. The third-order valence-corrected chi connectivity index (χ3v) is 2.22. The molecule has 17 heavy (non-hydrogen) atoms. The van der Waals surface area contributed by atoms with E-state index in [0.29, 0.717) is 0 Å². The summed E-state index contributed by atoms with van der Waals surface area (Å²) in [6.07, 6.45) is -8.63. The summed E-state index contributed by atoms with van der Waals surface area (Å²) in [4.78, 5) is 10.6. The zero-order chi connectivity index (χ0) is 13.8. The highest BCUT2D eigenvalue weighted by Crippen LogP contribution is 2.12. The lowest BCUT2D eigenvalue weighted by molar-refractivity contribution is -0.142. The van der Waals surface area contributed by atoms with Gasteiger partial charge in [-0.05, 0) is 0 Å². The summed E-state index contributed by atoms with van der Waals surface area (Å²) in [7, 11) is -5.11. The molecular weight excluding hydrogens is 262 g/mol. The molecule has 4 atom stereocenters. The normalized spacial score (nSPS) is 19.4. The molecule has 0 aliphatic carbocycles. The van der Waals surface area contributed by atoms with E-state index in [4.69, 9.17) is 19.9 Å². The Bertz CT molecular complexity index is 354. The first-order chi connectivity index (χ1) is 7.60. The number of hydrogen-bond acceptors (Lipinski definition) is 8. The van der Waals surface area contributed by atoms with Gasteiger partial charge in [0, 0.05) is 0 Å². The Morgan fingerprint density at radius 1 is 1.29 bits per heavy atom. The fourth-order valence-electron chi connectivity index (χ4n) is 0.926. The van der Waals surface area contributed by atoms with Crippen LogP contribution in [0, 0.1) is 0 Å². The van der Waals surface area contributed by atoms with Crippen LogP contribution in [0.2, 0.25) is 0 Å². The summed E-state index contributed by atoms with van der Waals surface area (Å²) in [5.41, 5.74) is 4.63. The van der Waals surface area contributed by atoms with Crippen LogP contribution in [0.4, 0.5) is 0 Å². The Kier molecular flexibility index (Phi) is 5.91. The predicted octanol–water partition coefficient (Wildman–Crippen LogP) is -4.27. The maximum absolute atomic E-state index is 10.6. The summed E-state index contributed by atoms with van der Waals surface area (Å²) >= 11 is 0. The topological polar surface area (TPSA) is 188 Å². The second-order valence-corrected chi connectivity index (χ2v) is 4.12. The van der Waals surface area contributed by atoms with E-state index in [-0.39, 0.29) is 0 Å². The van der Waals surface area contributed by atoms with E-state index in [1.54, 1.807) is 0 Å². The zero-order valence-corrected chi connectivity index (χ0v) is 9.19. The molecule has 10 nitrogen and oxygen atoms in total. The number of primary amides is 1. The summed E-state index contributed by atoms with van der Waals surface area (Å²) < 4.78 is 33.0. The van der Waals surface area contributed by atoms with Gasteiger partial charge in [0.15, 0.2) is 6.10 Å². The van der Waals surface area contributed by atoms with Crippen LogP contribution < -0.4 is 5.73 Å². The first kappa shape index (κ1) is 16.2. The fourth-order valence-corrected chi connectivity index (χ4v) is 1.43. The van der Waals surface area contributed by atoms with Gasteiger partial charge in [-0.25, -0.2) is 4.18 Å². The minimum Gasteiger partial charge on any atom is -0.394 e. The first-order valence-electron chi connectivity index (χ1n) is 4.20. The second-order valence-electron chi connectivity index (χ2n) is 3.08. The highest BCUT2D eigenvalue weighted by atomic mass is 32.3. The van der Waals surface area contributed by atoms with Gasteiger partial charge in [0.25, 0.3) is 0 Å². The van der Waals surface area contributed by atoms with Crippen LogP contribution in [-0.4, -0.2) is 70.3 Å². The first-order valence-corrected chi connectivity index (χ1v) is 5.56. The van der Waals surface area contributed by atoms with Crippen LogP contribution >= 0.6 is 0 Å². The van der Waals surface area contributed by atoms with E-state index in [1.807, 2.05) is 0 Å². The Morgan fingerprint density at radius 3 is 2.06 bits per heavy atom. The van der Waals surface area contributed by atoms with E-state index in [2.05, 4.69) is 9.92 Å². The lowest BCUT2D eigenvalue weighted by Gasteiger charge is -2.26. The van der Waals surface area contributed by atoms with Crippen molar-refractivity contribution < 1.29 is 42.4 Å². The van der Waals surface area contributed by atoms with Crippen LogP contribution in [0.1, 0.15) is 0 Å². The van der Waals surface area contributed by atoms with Gasteiger partial charge in [0.05, 0.1) is 6.61 Å². The summed E-state index contributed by atoms with van der Waals surface area (Å²) in [5.74, 6) is -1.46. The number of hydrogen-bond donors (Lipinski definition) is 6. The molecule has 11 heteroatoms. The minimum absolute atomic E-state index is 1.00. The van der Waals surface area contributed by atoms with Crippen molar-refractivity contribution in [2.75, 3.05) is 6.61 Å². The molecule has 1 amide bonds. The van der Waals surface area contributed by atoms with Crippen molar-refractivity contribution in [3.05, 3.63) is 0 Å². The molecular formula is C6H13NO9S. The summed E-state index contributed by atoms with van der Waals surface area (Å²) in [6.45, 7) is -1.00. The van der Waals surface area contributed by atoms with Gasteiger partial charge < -0.3 is 26.2 Å². The molecule has 0 saturated heterocycles. The number of carbonyl (C=O) groups excluding carboxylic acids is 1. The molecule has 0 aromatic carbocycles. The highest BCUT2D eigenvalue weighted by molar-refractivity contribution is 7.80. The quantitative estimate of drug-likeness (QED) is 0.250.